The summed E-state index contributed by atoms with van der Waals surface area (Å²) in [5.74, 6) is 0.553. The second kappa shape index (κ2) is 8.18. The van der Waals surface area contributed by atoms with E-state index in [1.165, 1.54) is 0 Å². The van der Waals surface area contributed by atoms with Gasteiger partial charge < -0.3 is 14.8 Å². The zero-order valence-electron chi connectivity index (χ0n) is 13.3. The van der Waals surface area contributed by atoms with Crippen LogP contribution in [-0.2, 0) is 11.3 Å². The van der Waals surface area contributed by atoms with E-state index in [2.05, 4.69) is 5.32 Å². The Hall–Kier alpha value is -2.04. The Labute approximate surface area is 146 Å². The summed E-state index contributed by atoms with van der Waals surface area (Å²) < 4.78 is 11.3. The molecule has 126 valence electrons. The molecule has 1 saturated heterocycles. The van der Waals surface area contributed by atoms with Gasteiger partial charge in [0.15, 0.2) is 0 Å². The third-order valence-corrected chi connectivity index (χ3v) is 4.17. The molecular weight excluding hydrogens is 326 g/mol. The predicted octanol–water partition coefficient (Wildman–Crippen LogP) is 3.83. The normalized spacial score (nSPS) is 16.8. The molecule has 1 aliphatic rings. The molecule has 0 aliphatic carbocycles. The van der Waals surface area contributed by atoms with Crippen LogP contribution in [-0.4, -0.2) is 25.2 Å². The molecule has 1 aliphatic heterocycles. The molecule has 0 bridgehead atoms. The van der Waals surface area contributed by atoms with Gasteiger partial charge in [-0.25, -0.2) is 0 Å². The van der Waals surface area contributed by atoms with Gasteiger partial charge in [-0.15, -0.1) is 0 Å². The lowest BCUT2D eigenvalue weighted by molar-refractivity contribution is 0.0679. The fourth-order valence-electron chi connectivity index (χ4n) is 2.58. The monoisotopic (exact) mass is 345 g/mol. The van der Waals surface area contributed by atoms with Crippen LogP contribution >= 0.6 is 11.6 Å². The van der Waals surface area contributed by atoms with Gasteiger partial charge in [0.1, 0.15) is 12.4 Å². The second-order valence-corrected chi connectivity index (χ2v) is 6.22. The van der Waals surface area contributed by atoms with Gasteiger partial charge in [-0.3, -0.25) is 4.79 Å². The molecule has 0 aromatic heterocycles. The fraction of sp³-hybridized carbons (Fsp3) is 0.316. The molecule has 1 N–H and O–H groups in total. The van der Waals surface area contributed by atoms with Crippen molar-refractivity contribution in [3.63, 3.8) is 0 Å². The summed E-state index contributed by atoms with van der Waals surface area (Å²) >= 11 is 5.85. The number of amides is 1. The summed E-state index contributed by atoms with van der Waals surface area (Å²) in [4.78, 5) is 12.3. The average Bonchev–Trinajstić information content (AvgIpc) is 3.13. The van der Waals surface area contributed by atoms with Gasteiger partial charge in [-0.2, -0.15) is 0 Å². The van der Waals surface area contributed by atoms with E-state index in [1.807, 2.05) is 36.4 Å². The van der Waals surface area contributed by atoms with E-state index in [1.54, 1.807) is 12.1 Å². The van der Waals surface area contributed by atoms with Crippen LogP contribution in [0.25, 0.3) is 0 Å². The molecule has 0 saturated carbocycles. The molecular formula is C19H20ClNO3. The third kappa shape index (κ3) is 4.73. The summed E-state index contributed by atoms with van der Waals surface area (Å²) in [5, 5.41) is 3.58. The van der Waals surface area contributed by atoms with Gasteiger partial charge >= 0.3 is 0 Å². The number of nitrogens with one attached hydrogen (secondary N) is 1. The maximum atomic E-state index is 12.3. The lowest BCUT2D eigenvalue weighted by Gasteiger charge is -2.12. The van der Waals surface area contributed by atoms with Gasteiger partial charge in [0.05, 0.1) is 6.10 Å². The van der Waals surface area contributed by atoms with E-state index in [4.69, 9.17) is 21.1 Å². The molecule has 4 nitrogen and oxygen atoms in total. The minimum atomic E-state index is -0.132. The summed E-state index contributed by atoms with van der Waals surface area (Å²) in [6.07, 6.45) is 2.27. The molecule has 24 heavy (non-hydrogen) atoms. The highest BCUT2D eigenvalue weighted by atomic mass is 35.5. The van der Waals surface area contributed by atoms with E-state index in [9.17, 15) is 4.79 Å². The Bertz CT molecular complexity index is 681. The van der Waals surface area contributed by atoms with Crippen LogP contribution in [0.15, 0.2) is 48.5 Å². The molecule has 1 atom stereocenters. The Morgan fingerprint density at radius 1 is 1.25 bits per heavy atom. The van der Waals surface area contributed by atoms with Crippen LogP contribution in [0.2, 0.25) is 5.02 Å². The standard InChI is InChI=1S/C19H20ClNO3/c20-16-8-6-14(7-9-16)12-21-19(22)15-3-1-4-17(11-15)24-13-18-5-2-10-23-18/h1,3-4,6-9,11,18H,2,5,10,12-13H2,(H,21,22). The Morgan fingerprint density at radius 2 is 2.08 bits per heavy atom. The first-order valence-corrected chi connectivity index (χ1v) is 8.45. The number of hydrogen-bond acceptors (Lipinski definition) is 3. The molecule has 1 heterocycles. The average molecular weight is 346 g/mol. The maximum Gasteiger partial charge on any atom is 0.251 e. The van der Waals surface area contributed by atoms with Crippen LogP contribution in [0.3, 0.4) is 0 Å². The quantitative estimate of drug-likeness (QED) is 0.865. The van der Waals surface area contributed by atoms with Crippen molar-refractivity contribution in [1.29, 1.82) is 0 Å². The molecule has 1 fully saturated rings. The fourth-order valence-corrected chi connectivity index (χ4v) is 2.70. The summed E-state index contributed by atoms with van der Waals surface area (Å²) in [6.45, 7) is 1.79. The first-order valence-electron chi connectivity index (χ1n) is 8.08. The molecule has 1 unspecified atom stereocenters. The van der Waals surface area contributed by atoms with Crippen molar-refractivity contribution in [2.75, 3.05) is 13.2 Å². The molecule has 1 amide bonds. The lowest BCUT2D eigenvalue weighted by atomic mass is 10.2. The Morgan fingerprint density at radius 3 is 2.83 bits per heavy atom. The zero-order valence-corrected chi connectivity index (χ0v) is 14.1. The van der Waals surface area contributed by atoms with Crippen molar-refractivity contribution in [3.05, 3.63) is 64.7 Å². The minimum absolute atomic E-state index is 0.132. The number of benzene rings is 2. The number of hydrogen-bond donors (Lipinski definition) is 1. The maximum absolute atomic E-state index is 12.3. The highest BCUT2D eigenvalue weighted by Gasteiger charge is 2.16. The zero-order chi connectivity index (χ0) is 16.8. The number of rotatable bonds is 6. The van der Waals surface area contributed by atoms with E-state index in [0.717, 1.165) is 25.0 Å². The topological polar surface area (TPSA) is 47.6 Å². The van der Waals surface area contributed by atoms with Crippen molar-refractivity contribution in [1.82, 2.24) is 5.32 Å². The van der Waals surface area contributed by atoms with Crippen LogP contribution in [0, 0.1) is 0 Å². The SMILES string of the molecule is O=C(NCc1ccc(Cl)cc1)c1cccc(OCC2CCCO2)c1. The van der Waals surface area contributed by atoms with Gasteiger partial charge in [-0.05, 0) is 48.7 Å². The number of carbonyl (C=O) groups is 1. The van der Waals surface area contributed by atoms with Gasteiger partial charge in [0, 0.05) is 23.7 Å². The lowest BCUT2D eigenvalue weighted by Crippen LogP contribution is -2.23. The van der Waals surface area contributed by atoms with Crippen LogP contribution < -0.4 is 10.1 Å². The molecule has 0 radical (unpaired) electrons. The smallest absolute Gasteiger partial charge is 0.251 e. The molecule has 2 aromatic rings. The number of ether oxygens (including phenoxy) is 2. The Balaban J connectivity index is 1.54. The van der Waals surface area contributed by atoms with Gasteiger partial charge in [-0.1, -0.05) is 29.8 Å². The largest absolute Gasteiger partial charge is 0.491 e. The summed E-state index contributed by atoms with van der Waals surface area (Å²) in [5.41, 5.74) is 1.58. The minimum Gasteiger partial charge on any atom is -0.491 e. The van der Waals surface area contributed by atoms with E-state index >= 15 is 0 Å². The van der Waals surface area contributed by atoms with Crippen molar-refractivity contribution < 1.29 is 14.3 Å². The van der Waals surface area contributed by atoms with Crippen molar-refractivity contribution >= 4 is 17.5 Å². The van der Waals surface area contributed by atoms with Gasteiger partial charge in [0.25, 0.3) is 5.91 Å². The second-order valence-electron chi connectivity index (χ2n) is 5.78. The van der Waals surface area contributed by atoms with Crippen molar-refractivity contribution in [3.8, 4) is 5.75 Å². The highest BCUT2D eigenvalue weighted by Crippen LogP contribution is 2.17. The molecule has 3 rings (SSSR count). The number of halogens is 1. The molecule has 2 aromatic carbocycles. The van der Waals surface area contributed by atoms with Crippen LogP contribution in [0.4, 0.5) is 0 Å². The highest BCUT2D eigenvalue weighted by molar-refractivity contribution is 6.30. The van der Waals surface area contributed by atoms with E-state index in [-0.39, 0.29) is 12.0 Å². The van der Waals surface area contributed by atoms with E-state index < -0.39 is 0 Å². The number of carbonyl (C=O) groups excluding carboxylic acids is 1. The van der Waals surface area contributed by atoms with Crippen LogP contribution in [0.5, 0.6) is 5.75 Å². The summed E-state index contributed by atoms with van der Waals surface area (Å²) in [6, 6.07) is 14.6. The first-order chi connectivity index (χ1) is 11.7. The molecule has 5 heteroatoms. The van der Waals surface area contributed by atoms with Crippen molar-refractivity contribution in [2.45, 2.75) is 25.5 Å². The third-order valence-electron chi connectivity index (χ3n) is 3.92. The van der Waals surface area contributed by atoms with Crippen LogP contribution in [0.1, 0.15) is 28.8 Å². The Kier molecular flexibility index (Phi) is 5.72. The van der Waals surface area contributed by atoms with Crippen molar-refractivity contribution in [2.24, 2.45) is 0 Å². The summed E-state index contributed by atoms with van der Waals surface area (Å²) in [7, 11) is 0. The van der Waals surface area contributed by atoms with E-state index in [0.29, 0.717) is 29.5 Å². The predicted molar refractivity (Wildman–Crippen MR) is 93.5 cm³/mol. The van der Waals surface area contributed by atoms with Gasteiger partial charge in [0.2, 0.25) is 0 Å². The molecule has 0 spiro atoms. The first kappa shape index (κ1) is 16.8.